The predicted molar refractivity (Wildman–Crippen MR) is 79.6 cm³/mol. The molecule has 19 heavy (non-hydrogen) atoms. The van der Waals surface area contributed by atoms with Crippen LogP contribution in [0.1, 0.15) is 36.1 Å². The smallest absolute Gasteiger partial charge is 0.192 e. The molecular formula is C17H18O2. The monoisotopic (exact) mass is 254 g/mol. The van der Waals surface area contributed by atoms with Crippen LogP contribution in [0.25, 0.3) is 17.4 Å². The summed E-state index contributed by atoms with van der Waals surface area (Å²) in [6.45, 7) is 11.6. The number of fused-ring (bicyclic) bond motifs is 1. The summed E-state index contributed by atoms with van der Waals surface area (Å²) in [5.74, 6) is 0.609. The van der Waals surface area contributed by atoms with Gasteiger partial charge in [0.1, 0.15) is 5.76 Å². The molecule has 98 valence electrons. The molecule has 0 saturated carbocycles. The molecule has 0 radical (unpaired) electrons. The molecule has 0 heterocycles. The first-order valence-corrected chi connectivity index (χ1v) is 6.34. The minimum absolute atomic E-state index is 0.0414. The minimum Gasteiger partial charge on any atom is -0.496 e. The number of ether oxygens (including phenoxy) is 1. The van der Waals surface area contributed by atoms with Gasteiger partial charge >= 0.3 is 0 Å². The summed E-state index contributed by atoms with van der Waals surface area (Å²) in [5, 5.41) is 0. The van der Waals surface area contributed by atoms with Gasteiger partial charge in [-0.1, -0.05) is 38.3 Å². The summed E-state index contributed by atoms with van der Waals surface area (Å²) in [6.07, 6.45) is 2.64. The molecule has 0 unspecified atom stereocenters. The Kier molecular flexibility index (Phi) is 3.43. The van der Waals surface area contributed by atoms with E-state index in [4.69, 9.17) is 4.74 Å². The summed E-state index contributed by atoms with van der Waals surface area (Å²) in [4.78, 5) is 12.3. The molecule has 2 rings (SSSR count). The maximum absolute atomic E-state index is 12.3. The van der Waals surface area contributed by atoms with Crippen LogP contribution in [0.5, 0.6) is 0 Å². The van der Waals surface area contributed by atoms with Crippen molar-refractivity contribution in [3.05, 3.63) is 53.1 Å². The molecule has 2 nitrogen and oxygen atoms in total. The van der Waals surface area contributed by atoms with Gasteiger partial charge in [-0.25, -0.2) is 0 Å². The Hall–Kier alpha value is -2.09. The number of carbonyl (C=O) groups excluding carboxylic acids is 1. The fourth-order valence-corrected chi connectivity index (χ4v) is 2.68. The maximum Gasteiger partial charge on any atom is 0.192 e. The molecule has 0 fully saturated rings. The van der Waals surface area contributed by atoms with E-state index in [-0.39, 0.29) is 5.78 Å². The molecule has 0 bridgehead atoms. The lowest BCUT2D eigenvalue weighted by Crippen LogP contribution is -2.16. The van der Waals surface area contributed by atoms with Crippen molar-refractivity contribution >= 4 is 23.2 Å². The highest BCUT2D eigenvalue weighted by Crippen LogP contribution is 2.38. The summed E-state index contributed by atoms with van der Waals surface area (Å²) >= 11 is 0. The van der Waals surface area contributed by atoms with Crippen LogP contribution in [-0.4, -0.2) is 12.9 Å². The largest absolute Gasteiger partial charge is 0.496 e. The molecule has 1 aliphatic carbocycles. The molecule has 0 N–H and O–H groups in total. The molecule has 0 aliphatic heterocycles. The van der Waals surface area contributed by atoms with E-state index in [0.717, 1.165) is 28.7 Å². The van der Waals surface area contributed by atoms with E-state index in [9.17, 15) is 4.79 Å². The summed E-state index contributed by atoms with van der Waals surface area (Å²) < 4.78 is 5.41. The number of hydrogen-bond acceptors (Lipinski definition) is 2. The van der Waals surface area contributed by atoms with Gasteiger partial charge in [-0.05, 0) is 30.0 Å². The predicted octanol–water partition coefficient (Wildman–Crippen LogP) is 3.87. The van der Waals surface area contributed by atoms with E-state index in [2.05, 4.69) is 20.1 Å². The normalized spacial score (nSPS) is 14.5. The van der Waals surface area contributed by atoms with Gasteiger partial charge < -0.3 is 4.74 Å². The standard InChI is InChI=1S/C17H18O2/c1-6-12-8-9-14-15(13(12)7-2)10(3)16(18)11(4)17(14)19-5/h6,8-9H,1,3,7H2,2,4-5H3. The number of benzene rings is 1. The lowest BCUT2D eigenvalue weighted by atomic mass is 9.81. The second-order valence-corrected chi connectivity index (χ2v) is 4.58. The molecule has 0 atom stereocenters. The number of allylic oxidation sites excluding steroid dienone is 2. The van der Waals surface area contributed by atoms with Crippen LogP contribution in [0.3, 0.4) is 0 Å². The lowest BCUT2D eigenvalue weighted by Gasteiger charge is -2.24. The topological polar surface area (TPSA) is 26.3 Å². The highest BCUT2D eigenvalue weighted by atomic mass is 16.5. The quantitative estimate of drug-likeness (QED) is 0.765. The van der Waals surface area contributed by atoms with Crippen molar-refractivity contribution < 1.29 is 9.53 Å². The molecule has 1 aromatic carbocycles. The fraction of sp³-hybridized carbons (Fsp3) is 0.235. The number of hydrogen-bond donors (Lipinski definition) is 0. The van der Waals surface area contributed by atoms with E-state index < -0.39 is 0 Å². The van der Waals surface area contributed by atoms with Gasteiger partial charge in [0.2, 0.25) is 0 Å². The zero-order valence-corrected chi connectivity index (χ0v) is 11.7. The van der Waals surface area contributed by atoms with Gasteiger partial charge in [0, 0.05) is 16.7 Å². The van der Waals surface area contributed by atoms with Gasteiger partial charge in [-0.3, -0.25) is 4.79 Å². The van der Waals surface area contributed by atoms with Crippen LogP contribution in [0.15, 0.2) is 30.9 Å². The van der Waals surface area contributed by atoms with Crippen LogP contribution >= 0.6 is 0 Å². The van der Waals surface area contributed by atoms with E-state index in [1.54, 1.807) is 14.0 Å². The van der Waals surface area contributed by atoms with Crippen LogP contribution in [0.4, 0.5) is 0 Å². The van der Waals surface area contributed by atoms with Crippen LogP contribution < -0.4 is 0 Å². The average molecular weight is 254 g/mol. The van der Waals surface area contributed by atoms with Gasteiger partial charge in [-0.2, -0.15) is 0 Å². The molecule has 0 amide bonds. The Morgan fingerprint density at radius 2 is 2.05 bits per heavy atom. The molecule has 1 aromatic rings. The molecule has 0 aromatic heterocycles. The van der Waals surface area contributed by atoms with Gasteiger partial charge in [0.05, 0.1) is 7.11 Å². The Morgan fingerprint density at radius 1 is 1.37 bits per heavy atom. The third kappa shape index (κ3) is 1.84. The molecule has 0 spiro atoms. The van der Waals surface area contributed by atoms with Crippen molar-refractivity contribution in [1.29, 1.82) is 0 Å². The van der Waals surface area contributed by atoms with Crippen LogP contribution in [0, 0.1) is 0 Å². The number of Topliss-reactive ketones (excluding diaryl/α,β-unsaturated/α-hetero) is 1. The first-order valence-electron chi connectivity index (χ1n) is 6.34. The van der Waals surface area contributed by atoms with E-state index >= 15 is 0 Å². The number of methoxy groups -OCH3 is 1. The Balaban J connectivity index is 2.86. The first kappa shape index (κ1) is 13.3. The zero-order chi connectivity index (χ0) is 14.2. The second-order valence-electron chi connectivity index (χ2n) is 4.58. The molecular weight excluding hydrogens is 236 g/mol. The molecule has 2 heteroatoms. The first-order chi connectivity index (χ1) is 9.06. The van der Waals surface area contributed by atoms with Gasteiger partial charge in [0.15, 0.2) is 5.78 Å². The number of carbonyl (C=O) groups is 1. The minimum atomic E-state index is -0.0414. The van der Waals surface area contributed by atoms with Crippen LogP contribution in [-0.2, 0) is 16.0 Å². The van der Waals surface area contributed by atoms with E-state index in [1.807, 2.05) is 18.2 Å². The second kappa shape index (κ2) is 4.88. The van der Waals surface area contributed by atoms with Gasteiger partial charge in [0.25, 0.3) is 0 Å². The highest BCUT2D eigenvalue weighted by molar-refractivity contribution is 6.33. The SMILES string of the molecule is C=Cc1ccc2c(c1CC)C(=C)C(=O)C(C)=C2OC. The Labute approximate surface area is 114 Å². The molecule has 0 saturated heterocycles. The third-order valence-electron chi connectivity index (χ3n) is 3.63. The van der Waals surface area contributed by atoms with Crippen molar-refractivity contribution in [1.82, 2.24) is 0 Å². The molecule has 1 aliphatic rings. The van der Waals surface area contributed by atoms with Crippen LogP contribution in [0.2, 0.25) is 0 Å². The van der Waals surface area contributed by atoms with E-state index in [0.29, 0.717) is 16.9 Å². The summed E-state index contributed by atoms with van der Waals surface area (Å²) in [5.41, 5.74) is 5.18. The zero-order valence-electron chi connectivity index (χ0n) is 11.7. The van der Waals surface area contributed by atoms with Crippen molar-refractivity contribution in [3.8, 4) is 0 Å². The fourth-order valence-electron chi connectivity index (χ4n) is 2.68. The Bertz CT molecular complexity index is 618. The van der Waals surface area contributed by atoms with Gasteiger partial charge in [-0.15, -0.1) is 0 Å². The summed E-state index contributed by atoms with van der Waals surface area (Å²) in [7, 11) is 1.59. The Morgan fingerprint density at radius 3 is 2.58 bits per heavy atom. The summed E-state index contributed by atoms with van der Waals surface area (Å²) in [6, 6.07) is 3.99. The van der Waals surface area contributed by atoms with Crippen molar-refractivity contribution in [2.24, 2.45) is 0 Å². The number of rotatable bonds is 3. The maximum atomic E-state index is 12.3. The number of ketones is 1. The lowest BCUT2D eigenvalue weighted by molar-refractivity contribution is -0.110. The van der Waals surface area contributed by atoms with Crippen molar-refractivity contribution in [3.63, 3.8) is 0 Å². The third-order valence-corrected chi connectivity index (χ3v) is 3.63. The van der Waals surface area contributed by atoms with Crippen molar-refractivity contribution in [2.75, 3.05) is 7.11 Å². The average Bonchev–Trinajstić information content (AvgIpc) is 2.44. The van der Waals surface area contributed by atoms with E-state index in [1.165, 1.54) is 0 Å². The highest BCUT2D eigenvalue weighted by Gasteiger charge is 2.29. The van der Waals surface area contributed by atoms with Crippen molar-refractivity contribution in [2.45, 2.75) is 20.3 Å².